The minimum Gasteiger partial charge on any atom is -0.439 e. The first-order chi connectivity index (χ1) is 6.33. The molecule has 2 aliphatic carbocycles. The van der Waals surface area contributed by atoms with Crippen molar-refractivity contribution in [2.45, 2.75) is 31.6 Å². The van der Waals surface area contributed by atoms with Crippen molar-refractivity contribution in [3.63, 3.8) is 0 Å². The second kappa shape index (κ2) is 2.84. The molecule has 0 aliphatic heterocycles. The number of rotatable bonds is 1. The maximum absolute atomic E-state index is 5.19. The first kappa shape index (κ1) is 8.04. The van der Waals surface area contributed by atoms with Crippen LogP contribution in [0.5, 0.6) is 0 Å². The summed E-state index contributed by atoms with van der Waals surface area (Å²) >= 11 is 3.25. The van der Waals surface area contributed by atoms with Crippen LogP contribution >= 0.6 is 15.9 Å². The second-order valence-electron chi connectivity index (χ2n) is 4.31. The van der Waals surface area contributed by atoms with Crippen LogP contribution in [0.1, 0.15) is 37.3 Å². The summed E-state index contributed by atoms with van der Waals surface area (Å²) in [5.41, 5.74) is 1.17. The Hall–Kier alpha value is -0.310. The zero-order chi connectivity index (χ0) is 8.84. The third-order valence-corrected chi connectivity index (χ3v) is 3.98. The molecule has 2 nitrogen and oxygen atoms in total. The number of halogens is 1. The highest BCUT2D eigenvalue weighted by atomic mass is 79.9. The lowest BCUT2D eigenvalue weighted by Crippen LogP contribution is -2.08. The molecule has 1 heterocycles. The van der Waals surface area contributed by atoms with E-state index in [2.05, 4.69) is 20.9 Å². The summed E-state index contributed by atoms with van der Waals surface area (Å²) in [6, 6.07) is 0. The van der Waals surface area contributed by atoms with Crippen LogP contribution < -0.4 is 0 Å². The third kappa shape index (κ3) is 1.25. The molecule has 2 fully saturated rings. The zero-order valence-electron chi connectivity index (χ0n) is 7.37. The van der Waals surface area contributed by atoms with Crippen molar-refractivity contribution in [1.82, 2.24) is 4.98 Å². The van der Waals surface area contributed by atoms with E-state index in [9.17, 15) is 0 Å². The van der Waals surface area contributed by atoms with E-state index >= 15 is 0 Å². The van der Waals surface area contributed by atoms with E-state index in [-0.39, 0.29) is 0 Å². The van der Waals surface area contributed by atoms with E-state index < -0.39 is 0 Å². The molecule has 2 aliphatic rings. The lowest BCUT2D eigenvalue weighted by Gasteiger charge is -2.18. The van der Waals surface area contributed by atoms with E-state index in [1.54, 1.807) is 0 Å². The van der Waals surface area contributed by atoms with E-state index in [0.717, 1.165) is 11.8 Å². The fraction of sp³-hybridized carbons (Fsp3) is 0.700. The fourth-order valence-electron chi connectivity index (χ4n) is 3.04. The van der Waals surface area contributed by atoms with Gasteiger partial charge in [-0.15, -0.1) is 0 Å². The molecule has 0 radical (unpaired) electrons. The van der Waals surface area contributed by atoms with Crippen molar-refractivity contribution in [1.29, 1.82) is 0 Å². The molecule has 70 valence electrons. The first-order valence-electron chi connectivity index (χ1n) is 4.94. The average Bonchev–Trinajstić information content (AvgIpc) is 2.77. The van der Waals surface area contributed by atoms with E-state index in [0.29, 0.717) is 10.7 Å². The van der Waals surface area contributed by atoms with Gasteiger partial charge in [-0.05, 0) is 31.1 Å². The molecular formula is C10H12BrNO. The normalized spacial score (nSPS) is 37.2. The Morgan fingerprint density at radius 3 is 2.85 bits per heavy atom. The lowest BCUT2D eigenvalue weighted by molar-refractivity contribution is 0.412. The second-order valence-corrected chi connectivity index (χ2v) is 4.99. The van der Waals surface area contributed by atoms with Crippen molar-refractivity contribution in [3.8, 4) is 0 Å². The largest absolute Gasteiger partial charge is 0.439 e. The van der Waals surface area contributed by atoms with Crippen LogP contribution in [0, 0.1) is 11.8 Å². The summed E-state index contributed by atoms with van der Waals surface area (Å²) in [6.45, 7) is 0. The van der Waals surface area contributed by atoms with Crippen molar-refractivity contribution < 1.29 is 4.42 Å². The van der Waals surface area contributed by atoms with Gasteiger partial charge in [-0.2, -0.15) is 0 Å². The van der Waals surface area contributed by atoms with Gasteiger partial charge in [-0.1, -0.05) is 6.42 Å². The highest BCUT2D eigenvalue weighted by molar-refractivity contribution is 9.10. The van der Waals surface area contributed by atoms with Gasteiger partial charge in [0, 0.05) is 21.8 Å². The number of fused-ring (bicyclic) bond motifs is 2. The summed E-state index contributed by atoms with van der Waals surface area (Å²) in [7, 11) is 0. The number of aromatic nitrogens is 1. The molecule has 2 saturated carbocycles. The minimum absolute atomic E-state index is 0.630. The molecular weight excluding hydrogens is 230 g/mol. The summed E-state index contributed by atoms with van der Waals surface area (Å²) < 4.78 is 5.19. The Bertz CT molecular complexity index is 322. The molecule has 2 bridgehead atoms. The van der Waals surface area contributed by atoms with Crippen molar-refractivity contribution in [2.75, 3.05) is 0 Å². The molecule has 0 saturated heterocycles. The molecule has 0 aromatic carbocycles. The molecule has 0 N–H and O–H groups in total. The van der Waals surface area contributed by atoms with Gasteiger partial charge < -0.3 is 4.42 Å². The molecule has 1 aromatic rings. The summed E-state index contributed by atoms with van der Waals surface area (Å²) in [4.78, 5) is 4.99. The van der Waals surface area contributed by atoms with Gasteiger partial charge in [0.1, 0.15) is 6.26 Å². The van der Waals surface area contributed by atoms with E-state index in [1.807, 2.05) is 6.26 Å². The highest BCUT2D eigenvalue weighted by Crippen LogP contribution is 2.52. The SMILES string of the molecule is Brc1nc(C2CC3CCC2C3)co1. The van der Waals surface area contributed by atoms with Crippen LogP contribution in [0.2, 0.25) is 0 Å². The molecule has 3 heteroatoms. The number of oxazole rings is 1. The monoisotopic (exact) mass is 241 g/mol. The Labute approximate surface area is 85.9 Å². The Morgan fingerprint density at radius 1 is 1.38 bits per heavy atom. The molecule has 0 spiro atoms. The quantitative estimate of drug-likeness (QED) is 0.754. The first-order valence-corrected chi connectivity index (χ1v) is 5.73. The molecule has 3 unspecified atom stereocenters. The van der Waals surface area contributed by atoms with Gasteiger partial charge >= 0.3 is 0 Å². The van der Waals surface area contributed by atoms with Crippen LogP contribution in [-0.4, -0.2) is 4.98 Å². The number of nitrogens with zero attached hydrogens (tertiary/aromatic N) is 1. The van der Waals surface area contributed by atoms with Gasteiger partial charge in [-0.25, -0.2) is 4.98 Å². The molecule has 1 aromatic heterocycles. The van der Waals surface area contributed by atoms with Gasteiger partial charge in [0.05, 0.1) is 5.69 Å². The van der Waals surface area contributed by atoms with Gasteiger partial charge in [0.25, 0.3) is 4.80 Å². The number of hydrogen-bond acceptors (Lipinski definition) is 2. The Kier molecular flexibility index (Phi) is 1.76. The van der Waals surface area contributed by atoms with Gasteiger partial charge in [-0.3, -0.25) is 0 Å². The Balaban J connectivity index is 1.87. The maximum Gasteiger partial charge on any atom is 0.264 e. The molecule has 3 rings (SSSR count). The summed E-state index contributed by atoms with van der Waals surface area (Å²) in [5, 5.41) is 0. The highest BCUT2D eigenvalue weighted by Gasteiger charge is 2.41. The third-order valence-electron chi connectivity index (χ3n) is 3.61. The fourth-order valence-corrected chi connectivity index (χ4v) is 3.34. The predicted octanol–water partition coefficient (Wildman–Crippen LogP) is 3.34. The Morgan fingerprint density at radius 2 is 2.31 bits per heavy atom. The smallest absolute Gasteiger partial charge is 0.264 e. The van der Waals surface area contributed by atoms with Crippen LogP contribution in [0.3, 0.4) is 0 Å². The van der Waals surface area contributed by atoms with E-state index in [4.69, 9.17) is 4.42 Å². The van der Waals surface area contributed by atoms with Crippen molar-refractivity contribution in [3.05, 3.63) is 16.8 Å². The maximum atomic E-state index is 5.19. The van der Waals surface area contributed by atoms with Gasteiger partial charge in [0.15, 0.2) is 0 Å². The minimum atomic E-state index is 0.630. The van der Waals surface area contributed by atoms with Crippen LogP contribution in [0.15, 0.2) is 15.5 Å². The van der Waals surface area contributed by atoms with Crippen LogP contribution in [0.4, 0.5) is 0 Å². The van der Waals surface area contributed by atoms with Crippen molar-refractivity contribution in [2.24, 2.45) is 11.8 Å². The molecule has 13 heavy (non-hydrogen) atoms. The molecule has 0 amide bonds. The van der Waals surface area contributed by atoms with Gasteiger partial charge in [0.2, 0.25) is 0 Å². The molecule has 3 atom stereocenters. The lowest BCUT2D eigenvalue weighted by atomic mass is 9.87. The summed E-state index contributed by atoms with van der Waals surface area (Å²) in [5.74, 6) is 2.56. The zero-order valence-corrected chi connectivity index (χ0v) is 8.96. The van der Waals surface area contributed by atoms with Crippen LogP contribution in [-0.2, 0) is 0 Å². The van der Waals surface area contributed by atoms with Crippen molar-refractivity contribution >= 4 is 15.9 Å². The summed E-state index contributed by atoms with van der Waals surface area (Å²) in [6.07, 6.45) is 7.42. The van der Waals surface area contributed by atoms with E-state index in [1.165, 1.54) is 31.4 Å². The standard InChI is InChI=1S/C10H12BrNO/c11-10-12-9(5-13-10)8-4-6-1-2-7(8)3-6/h5-8H,1-4H2. The average molecular weight is 242 g/mol. The number of hydrogen-bond donors (Lipinski definition) is 0. The predicted molar refractivity (Wildman–Crippen MR) is 52.4 cm³/mol. The van der Waals surface area contributed by atoms with Crippen LogP contribution in [0.25, 0.3) is 0 Å². The topological polar surface area (TPSA) is 26.0 Å².